The number of hydrogen-bond donors (Lipinski definition) is 1. The Balaban J connectivity index is 1.57. The van der Waals surface area contributed by atoms with E-state index >= 15 is 0 Å². The van der Waals surface area contributed by atoms with Crippen molar-refractivity contribution in [2.75, 3.05) is 26.2 Å². The summed E-state index contributed by atoms with van der Waals surface area (Å²) in [6, 6.07) is 7.49. The number of imidazole rings is 1. The number of rotatable bonds is 3. The molecule has 2 heterocycles. The van der Waals surface area contributed by atoms with Crippen LogP contribution in [-0.2, 0) is 6.54 Å². The highest BCUT2D eigenvalue weighted by atomic mass is 15.2. The summed E-state index contributed by atoms with van der Waals surface area (Å²) in [5.74, 6) is 0. The van der Waals surface area contributed by atoms with Crippen molar-refractivity contribution in [2.24, 2.45) is 0 Å². The van der Waals surface area contributed by atoms with Gasteiger partial charge >= 0.3 is 0 Å². The smallest absolute Gasteiger partial charge is 0.0960 e. The van der Waals surface area contributed by atoms with Crippen molar-refractivity contribution < 1.29 is 0 Å². The molecule has 1 aliphatic carbocycles. The van der Waals surface area contributed by atoms with Crippen molar-refractivity contribution in [1.29, 1.82) is 0 Å². The Labute approximate surface area is 113 Å². The average Bonchev–Trinajstić information content (AvgIpc) is 3.20. The van der Waals surface area contributed by atoms with E-state index in [4.69, 9.17) is 0 Å². The maximum Gasteiger partial charge on any atom is 0.0960 e. The van der Waals surface area contributed by atoms with Gasteiger partial charge in [-0.15, -0.1) is 0 Å². The highest BCUT2D eigenvalue weighted by Gasteiger charge is 2.24. The Morgan fingerprint density at radius 1 is 1.21 bits per heavy atom. The molecule has 1 aromatic heterocycles. The van der Waals surface area contributed by atoms with E-state index in [2.05, 4.69) is 38.0 Å². The first kappa shape index (κ1) is 11.4. The van der Waals surface area contributed by atoms with Gasteiger partial charge in [-0.2, -0.15) is 0 Å². The fourth-order valence-corrected chi connectivity index (χ4v) is 2.95. The Morgan fingerprint density at radius 2 is 2.05 bits per heavy atom. The molecule has 100 valence electrons. The first-order valence-corrected chi connectivity index (χ1v) is 7.29. The predicted molar refractivity (Wildman–Crippen MR) is 76.2 cm³/mol. The topological polar surface area (TPSA) is 33.1 Å². The van der Waals surface area contributed by atoms with Crippen LogP contribution in [0.3, 0.4) is 0 Å². The number of piperazine rings is 1. The van der Waals surface area contributed by atoms with Crippen LogP contribution in [0, 0.1) is 0 Å². The van der Waals surface area contributed by atoms with Crippen LogP contribution in [0.25, 0.3) is 11.0 Å². The van der Waals surface area contributed by atoms with Crippen molar-refractivity contribution in [3.8, 4) is 0 Å². The normalized spacial score (nSPS) is 21.1. The van der Waals surface area contributed by atoms with Gasteiger partial charge in [0.2, 0.25) is 0 Å². The molecule has 4 heteroatoms. The third kappa shape index (κ3) is 2.26. The minimum Gasteiger partial charge on any atom is -0.327 e. The zero-order valence-electron chi connectivity index (χ0n) is 11.2. The Bertz CT molecular complexity index is 579. The van der Waals surface area contributed by atoms with Crippen LogP contribution < -0.4 is 5.32 Å². The SMILES string of the molecule is c1cc2c(cc1CN1CCNCC1)ncn2C1CC1. The third-order valence-electron chi connectivity index (χ3n) is 4.20. The molecule has 2 aromatic rings. The zero-order valence-corrected chi connectivity index (χ0v) is 11.2. The lowest BCUT2D eigenvalue weighted by Crippen LogP contribution is -2.42. The fourth-order valence-electron chi connectivity index (χ4n) is 2.95. The van der Waals surface area contributed by atoms with Gasteiger partial charge in [-0.3, -0.25) is 4.90 Å². The molecule has 1 aromatic carbocycles. The Hall–Kier alpha value is -1.39. The van der Waals surface area contributed by atoms with Crippen molar-refractivity contribution in [2.45, 2.75) is 25.4 Å². The summed E-state index contributed by atoms with van der Waals surface area (Å²) in [5.41, 5.74) is 3.83. The van der Waals surface area contributed by atoms with Crippen LogP contribution in [0.15, 0.2) is 24.5 Å². The zero-order chi connectivity index (χ0) is 12.7. The summed E-state index contributed by atoms with van der Waals surface area (Å²) in [6.45, 7) is 5.56. The Kier molecular flexibility index (Phi) is 2.78. The van der Waals surface area contributed by atoms with Gasteiger partial charge in [-0.25, -0.2) is 4.98 Å². The van der Waals surface area contributed by atoms with Crippen LogP contribution in [0.4, 0.5) is 0 Å². The number of nitrogens with zero attached hydrogens (tertiary/aromatic N) is 3. The van der Waals surface area contributed by atoms with Crippen molar-refractivity contribution in [1.82, 2.24) is 19.8 Å². The van der Waals surface area contributed by atoms with Crippen molar-refractivity contribution in [3.05, 3.63) is 30.1 Å². The molecule has 0 radical (unpaired) electrons. The predicted octanol–water partition coefficient (Wildman–Crippen LogP) is 1.78. The molecule has 0 amide bonds. The third-order valence-corrected chi connectivity index (χ3v) is 4.20. The largest absolute Gasteiger partial charge is 0.327 e. The second-order valence-corrected chi connectivity index (χ2v) is 5.73. The van der Waals surface area contributed by atoms with Gasteiger partial charge in [-0.05, 0) is 30.5 Å². The molecule has 2 aliphatic rings. The molecule has 1 N–H and O–H groups in total. The molecular weight excluding hydrogens is 236 g/mol. The summed E-state index contributed by atoms with van der Waals surface area (Å²) < 4.78 is 2.34. The summed E-state index contributed by atoms with van der Waals surface area (Å²) in [6.07, 6.45) is 4.64. The molecule has 19 heavy (non-hydrogen) atoms. The summed E-state index contributed by atoms with van der Waals surface area (Å²) in [7, 11) is 0. The van der Waals surface area contributed by atoms with Gasteiger partial charge in [0.15, 0.2) is 0 Å². The molecule has 1 saturated heterocycles. The van der Waals surface area contributed by atoms with E-state index in [-0.39, 0.29) is 0 Å². The van der Waals surface area contributed by atoms with E-state index < -0.39 is 0 Å². The van der Waals surface area contributed by atoms with Gasteiger partial charge in [0.25, 0.3) is 0 Å². The van der Waals surface area contributed by atoms with E-state index in [0.29, 0.717) is 6.04 Å². The second kappa shape index (κ2) is 4.62. The lowest BCUT2D eigenvalue weighted by Gasteiger charge is -2.27. The van der Waals surface area contributed by atoms with Gasteiger partial charge in [0, 0.05) is 38.8 Å². The van der Waals surface area contributed by atoms with Crippen LogP contribution in [0.5, 0.6) is 0 Å². The summed E-state index contributed by atoms with van der Waals surface area (Å²) in [4.78, 5) is 7.08. The molecule has 0 bridgehead atoms. The van der Waals surface area contributed by atoms with E-state index in [0.717, 1.165) is 38.2 Å². The second-order valence-electron chi connectivity index (χ2n) is 5.73. The highest BCUT2D eigenvalue weighted by Crippen LogP contribution is 2.37. The van der Waals surface area contributed by atoms with Crippen LogP contribution in [0.1, 0.15) is 24.4 Å². The highest BCUT2D eigenvalue weighted by molar-refractivity contribution is 5.76. The lowest BCUT2D eigenvalue weighted by atomic mass is 10.1. The molecule has 4 rings (SSSR count). The van der Waals surface area contributed by atoms with Gasteiger partial charge in [0.05, 0.1) is 17.4 Å². The molecule has 2 fully saturated rings. The molecule has 4 nitrogen and oxygen atoms in total. The van der Waals surface area contributed by atoms with Crippen LogP contribution in [-0.4, -0.2) is 40.6 Å². The van der Waals surface area contributed by atoms with Gasteiger partial charge < -0.3 is 9.88 Å². The minimum absolute atomic E-state index is 0.712. The fraction of sp³-hybridized carbons (Fsp3) is 0.533. The summed E-state index contributed by atoms with van der Waals surface area (Å²) >= 11 is 0. The van der Waals surface area contributed by atoms with Gasteiger partial charge in [0.1, 0.15) is 0 Å². The van der Waals surface area contributed by atoms with Gasteiger partial charge in [-0.1, -0.05) is 6.07 Å². The van der Waals surface area contributed by atoms with Crippen molar-refractivity contribution >= 4 is 11.0 Å². The quantitative estimate of drug-likeness (QED) is 0.908. The molecule has 1 aliphatic heterocycles. The monoisotopic (exact) mass is 256 g/mol. The van der Waals surface area contributed by atoms with E-state index in [1.54, 1.807) is 0 Å². The van der Waals surface area contributed by atoms with E-state index in [9.17, 15) is 0 Å². The standard InChI is InChI=1S/C15H20N4/c1-4-15-14(17-11-19(15)13-2-3-13)9-12(1)10-18-7-5-16-6-8-18/h1,4,9,11,13,16H,2-3,5-8,10H2. The summed E-state index contributed by atoms with van der Waals surface area (Å²) in [5, 5.41) is 3.40. The number of nitrogens with one attached hydrogen (secondary N) is 1. The first-order valence-electron chi connectivity index (χ1n) is 7.29. The molecule has 0 spiro atoms. The maximum atomic E-state index is 4.57. The number of fused-ring (bicyclic) bond motifs is 1. The minimum atomic E-state index is 0.712. The molecular formula is C15H20N4. The molecule has 1 saturated carbocycles. The molecule has 0 unspecified atom stereocenters. The number of hydrogen-bond acceptors (Lipinski definition) is 3. The number of benzene rings is 1. The van der Waals surface area contributed by atoms with Crippen molar-refractivity contribution in [3.63, 3.8) is 0 Å². The van der Waals surface area contributed by atoms with E-state index in [1.165, 1.54) is 23.9 Å². The van der Waals surface area contributed by atoms with Crippen LogP contribution in [0.2, 0.25) is 0 Å². The maximum absolute atomic E-state index is 4.57. The lowest BCUT2D eigenvalue weighted by molar-refractivity contribution is 0.233. The Morgan fingerprint density at radius 3 is 2.84 bits per heavy atom. The first-order chi connectivity index (χ1) is 9.40. The average molecular weight is 256 g/mol. The van der Waals surface area contributed by atoms with E-state index in [1.807, 2.05) is 6.33 Å². The number of aromatic nitrogens is 2. The molecule has 0 atom stereocenters. The van der Waals surface area contributed by atoms with Crippen LogP contribution >= 0.6 is 0 Å².